The second kappa shape index (κ2) is 5.99. The number of piperidine rings is 1. The van der Waals surface area contributed by atoms with Gasteiger partial charge in [-0.25, -0.2) is 4.98 Å². The third kappa shape index (κ3) is 3.02. The van der Waals surface area contributed by atoms with Crippen molar-refractivity contribution < 1.29 is 0 Å². The molecule has 100 valence electrons. The molecule has 0 aromatic carbocycles. The monoisotopic (exact) mass is 312 g/mol. The molecule has 2 rings (SSSR count). The van der Waals surface area contributed by atoms with Crippen molar-refractivity contribution in [2.24, 2.45) is 5.73 Å². The molecule has 1 aromatic rings. The Balaban J connectivity index is 2.20. The number of hydrogen-bond donors (Lipinski definition) is 1. The van der Waals surface area contributed by atoms with Gasteiger partial charge in [0, 0.05) is 41.9 Å². The van der Waals surface area contributed by atoms with Crippen LogP contribution >= 0.6 is 15.9 Å². The maximum absolute atomic E-state index is 5.82. The number of halogens is 1. The molecule has 4 nitrogen and oxygen atoms in total. The van der Waals surface area contributed by atoms with Crippen LogP contribution in [-0.4, -0.2) is 43.1 Å². The van der Waals surface area contributed by atoms with Gasteiger partial charge in [0.2, 0.25) is 0 Å². The summed E-state index contributed by atoms with van der Waals surface area (Å²) in [7, 11) is 4.29. The SMILES string of the molecule is CN(C)C1CCCN(c2ncc(Br)cc2CN)C1. The van der Waals surface area contributed by atoms with Gasteiger partial charge in [-0.1, -0.05) is 0 Å². The standard InChI is InChI=1S/C13H21BrN4/c1-17(2)12-4-3-5-18(9-12)13-10(7-15)6-11(14)8-16-13/h6,8,12H,3-5,7,9,15H2,1-2H3. The number of rotatable bonds is 3. The van der Waals surface area contributed by atoms with Crippen LogP contribution in [0.3, 0.4) is 0 Å². The normalized spacial score (nSPS) is 20.5. The molecule has 18 heavy (non-hydrogen) atoms. The van der Waals surface area contributed by atoms with Gasteiger partial charge >= 0.3 is 0 Å². The van der Waals surface area contributed by atoms with Crippen LogP contribution in [0.5, 0.6) is 0 Å². The molecule has 2 N–H and O–H groups in total. The number of aromatic nitrogens is 1. The number of hydrogen-bond acceptors (Lipinski definition) is 4. The zero-order valence-corrected chi connectivity index (χ0v) is 12.7. The molecule has 2 heterocycles. The number of likely N-dealkylation sites (N-methyl/N-ethyl adjacent to an activating group) is 1. The Morgan fingerprint density at radius 1 is 1.56 bits per heavy atom. The van der Waals surface area contributed by atoms with Gasteiger partial charge in [-0.15, -0.1) is 0 Å². The Morgan fingerprint density at radius 3 is 3.00 bits per heavy atom. The van der Waals surface area contributed by atoms with Crippen molar-refractivity contribution in [1.82, 2.24) is 9.88 Å². The smallest absolute Gasteiger partial charge is 0.133 e. The van der Waals surface area contributed by atoms with E-state index in [1.807, 2.05) is 6.20 Å². The zero-order valence-electron chi connectivity index (χ0n) is 11.1. The predicted molar refractivity (Wildman–Crippen MR) is 78.8 cm³/mol. The quantitative estimate of drug-likeness (QED) is 0.925. The summed E-state index contributed by atoms with van der Waals surface area (Å²) in [6, 6.07) is 2.68. The minimum Gasteiger partial charge on any atom is -0.355 e. The lowest BCUT2D eigenvalue weighted by atomic mass is 10.0. The van der Waals surface area contributed by atoms with Crippen molar-refractivity contribution in [2.75, 3.05) is 32.1 Å². The van der Waals surface area contributed by atoms with E-state index >= 15 is 0 Å². The molecule has 0 aliphatic carbocycles. The van der Waals surface area contributed by atoms with Crippen molar-refractivity contribution in [3.63, 3.8) is 0 Å². The van der Waals surface area contributed by atoms with Crippen LogP contribution in [0, 0.1) is 0 Å². The van der Waals surface area contributed by atoms with Crippen LogP contribution in [0.25, 0.3) is 0 Å². The Kier molecular flexibility index (Phi) is 4.59. The number of nitrogens with two attached hydrogens (primary N) is 1. The predicted octanol–water partition coefficient (Wildman–Crippen LogP) is 1.83. The molecule has 1 aromatic heterocycles. The van der Waals surface area contributed by atoms with Gasteiger partial charge in [-0.05, 0) is 48.9 Å². The van der Waals surface area contributed by atoms with E-state index in [0.29, 0.717) is 12.6 Å². The summed E-state index contributed by atoms with van der Waals surface area (Å²) >= 11 is 3.45. The maximum Gasteiger partial charge on any atom is 0.133 e. The third-order valence-corrected chi connectivity index (χ3v) is 3.99. The van der Waals surface area contributed by atoms with E-state index in [0.717, 1.165) is 28.9 Å². The van der Waals surface area contributed by atoms with Crippen LogP contribution in [-0.2, 0) is 6.54 Å². The molecule has 5 heteroatoms. The molecule has 1 unspecified atom stereocenters. The van der Waals surface area contributed by atoms with E-state index in [1.165, 1.54) is 12.8 Å². The first-order valence-electron chi connectivity index (χ1n) is 6.37. The van der Waals surface area contributed by atoms with Gasteiger partial charge in [-0.3, -0.25) is 0 Å². The lowest BCUT2D eigenvalue weighted by Crippen LogP contribution is -2.45. The second-order valence-corrected chi connectivity index (χ2v) is 5.96. The average Bonchev–Trinajstić information content (AvgIpc) is 2.38. The number of pyridine rings is 1. The van der Waals surface area contributed by atoms with E-state index in [2.05, 4.69) is 50.9 Å². The lowest BCUT2D eigenvalue weighted by molar-refractivity contribution is 0.257. The third-order valence-electron chi connectivity index (χ3n) is 3.56. The number of anilines is 1. The van der Waals surface area contributed by atoms with E-state index in [-0.39, 0.29) is 0 Å². The molecule has 0 bridgehead atoms. The van der Waals surface area contributed by atoms with Gasteiger partial charge in [0.25, 0.3) is 0 Å². The van der Waals surface area contributed by atoms with E-state index in [1.54, 1.807) is 0 Å². The van der Waals surface area contributed by atoms with Crippen molar-refractivity contribution in [3.8, 4) is 0 Å². The van der Waals surface area contributed by atoms with Crippen molar-refractivity contribution in [1.29, 1.82) is 0 Å². The van der Waals surface area contributed by atoms with Crippen molar-refractivity contribution in [2.45, 2.75) is 25.4 Å². The van der Waals surface area contributed by atoms with Gasteiger partial charge in [0.1, 0.15) is 5.82 Å². The molecular weight excluding hydrogens is 292 g/mol. The van der Waals surface area contributed by atoms with E-state index in [4.69, 9.17) is 5.73 Å². The van der Waals surface area contributed by atoms with Gasteiger partial charge in [-0.2, -0.15) is 0 Å². The van der Waals surface area contributed by atoms with Gasteiger partial charge < -0.3 is 15.5 Å². The minimum atomic E-state index is 0.533. The summed E-state index contributed by atoms with van der Waals surface area (Å²) in [5.41, 5.74) is 6.94. The van der Waals surface area contributed by atoms with Gasteiger partial charge in [0.05, 0.1) is 0 Å². The summed E-state index contributed by atoms with van der Waals surface area (Å²) in [4.78, 5) is 9.21. The summed E-state index contributed by atoms with van der Waals surface area (Å²) in [5.74, 6) is 1.05. The summed E-state index contributed by atoms with van der Waals surface area (Å²) in [6.45, 7) is 2.64. The largest absolute Gasteiger partial charge is 0.355 e. The van der Waals surface area contributed by atoms with Gasteiger partial charge in [0.15, 0.2) is 0 Å². The van der Waals surface area contributed by atoms with Crippen LogP contribution < -0.4 is 10.6 Å². The first kappa shape index (κ1) is 13.8. The van der Waals surface area contributed by atoms with E-state index in [9.17, 15) is 0 Å². The number of nitrogens with zero attached hydrogens (tertiary/aromatic N) is 3. The molecule has 1 atom stereocenters. The highest BCUT2D eigenvalue weighted by Crippen LogP contribution is 2.25. The molecule has 1 saturated heterocycles. The Bertz CT molecular complexity index is 408. The lowest BCUT2D eigenvalue weighted by Gasteiger charge is -2.37. The molecule has 0 amide bonds. The highest BCUT2D eigenvalue weighted by Gasteiger charge is 2.23. The van der Waals surface area contributed by atoms with E-state index < -0.39 is 0 Å². The topological polar surface area (TPSA) is 45.4 Å². The van der Waals surface area contributed by atoms with Crippen LogP contribution in [0.4, 0.5) is 5.82 Å². The fourth-order valence-corrected chi connectivity index (χ4v) is 2.86. The van der Waals surface area contributed by atoms with Crippen molar-refractivity contribution in [3.05, 3.63) is 22.3 Å². The average molecular weight is 313 g/mol. The maximum atomic E-state index is 5.82. The Labute approximate surface area is 117 Å². The fourth-order valence-electron chi connectivity index (χ4n) is 2.48. The second-order valence-electron chi connectivity index (χ2n) is 5.05. The van der Waals surface area contributed by atoms with Crippen LogP contribution in [0.1, 0.15) is 18.4 Å². The van der Waals surface area contributed by atoms with Crippen LogP contribution in [0.2, 0.25) is 0 Å². The zero-order chi connectivity index (χ0) is 13.1. The first-order chi connectivity index (χ1) is 8.61. The molecule has 0 spiro atoms. The molecule has 0 saturated carbocycles. The highest BCUT2D eigenvalue weighted by atomic mass is 79.9. The highest BCUT2D eigenvalue weighted by molar-refractivity contribution is 9.10. The minimum absolute atomic E-state index is 0.533. The van der Waals surface area contributed by atoms with Crippen molar-refractivity contribution >= 4 is 21.7 Å². The molecule has 1 fully saturated rings. The van der Waals surface area contributed by atoms with Crippen LogP contribution in [0.15, 0.2) is 16.7 Å². The summed E-state index contributed by atoms with van der Waals surface area (Å²) < 4.78 is 0.993. The molecule has 1 aliphatic heterocycles. The summed E-state index contributed by atoms with van der Waals surface area (Å²) in [5, 5.41) is 0. The molecule has 0 radical (unpaired) electrons. The fraction of sp³-hybridized carbons (Fsp3) is 0.615. The Hall–Kier alpha value is -0.650. The summed E-state index contributed by atoms with van der Waals surface area (Å²) in [6.07, 6.45) is 4.33. The first-order valence-corrected chi connectivity index (χ1v) is 7.17. The Morgan fingerprint density at radius 2 is 2.33 bits per heavy atom. The molecular formula is C13H21BrN4. The molecule has 1 aliphatic rings.